The second-order valence-corrected chi connectivity index (χ2v) is 5.51. The maximum absolute atomic E-state index is 12.0. The number of carbonyl (C=O) groups is 1. The minimum atomic E-state index is 0.104. The van der Waals surface area contributed by atoms with Gasteiger partial charge in [-0.2, -0.15) is 0 Å². The number of hydrogen-bond acceptors (Lipinski definition) is 4. The van der Waals surface area contributed by atoms with Crippen LogP contribution in [-0.2, 0) is 9.53 Å². The topological polar surface area (TPSA) is 58.8 Å². The van der Waals surface area contributed by atoms with Crippen molar-refractivity contribution in [3.63, 3.8) is 0 Å². The van der Waals surface area contributed by atoms with Gasteiger partial charge in [0, 0.05) is 33.1 Å². The molecule has 1 rings (SSSR count). The monoisotopic (exact) mass is 273 g/mol. The SMILES string of the molecule is CC1CN(CC(=O)N(C)CCC(N)=S)CC(C)O1. The van der Waals surface area contributed by atoms with Gasteiger partial charge in [-0.1, -0.05) is 12.2 Å². The van der Waals surface area contributed by atoms with Crippen LogP contribution < -0.4 is 5.73 Å². The fourth-order valence-electron chi connectivity index (χ4n) is 2.13. The molecule has 0 aliphatic carbocycles. The molecule has 1 aliphatic heterocycles. The number of ether oxygens (including phenoxy) is 1. The number of thiocarbonyl (C=S) groups is 1. The molecule has 2 atom stereocenters. The van der Waals surface area contributed by atoms with Crippen molar-refractivity contribution in [2.45, 2.75) is 32.5 Å². The van der Waals surface area contributed by atoms with Crippen LogP contribution >= 0.6 is 12.2 Å². The Morgan fingerprint density at radius 2 is 2.00 bits per heavy atom. The Hall–Kier alpha value is -0.720. The molecule has 0 aromatic carbocycles. The average molecular weight is 273 g/mol. The predicted molar refractivity (Wildman–Crippen MR) is 75.5 cm³/mol. The van der Waals surface area contributed by atoms with Gasteiger partial charge < -0.3 is 15.4 Å². The number of hydrogen-bond donors (Lipinski definition) is 1. The van der Waals surface area contributed by atoms with E-state index in [1.807, 2.05) is 13.8 Å². The van der Waals surface area contributed by atoms with Crippen molar-refractivity contribution in [1.82, 2.24) is 9.80 Å². The number of morpholine rings is 1. The van der Waals surface area contributed by atoms with Gasteiger partial charge >= 0.3 is 0 Å². The molecule has 104 valence electrons. The number of likely N-dealkylation sites (N-methyl/N-ethyl adjacent to an activating group) is 1. The van der Waals surface area contributed by atoms with E-state index in [-0.39, 0.29) is 18.1 Å². The molecule has 1 heterocycles. The number of nitrogens with two attached hydrogens (primary N) is 1. The molecular formula is C12H23N3O2S. The van der Waals surface area contributed by atoms with Crippen LogP contribution in [0.1, 0.15) is 20.3 Å². The van der Waals surface area contributed by atoms with Gasteiger partial charge in [-0.25, -0.2) is 0 Å². The van der Waals surface area contributed by atoms with Crippen LogP contribution in [0.5, 0.6) is 0 Å². The van der Waals surface area contributed by atoms with Crippen molar-refractivity contribution in [3.05, 3.63) is 0 Å². The van der Waals surface area contributed by atoms with E-state index in [4.69, 9.17) is 22.7 Å². The third kappa shape index (κ3) is 5.29. The van der Waals surface area contributed by atoms with Gasteiger partial charge in [-0.3, -0.25) is 9.69 Å². The second-order valence-electron chi connectivity index (χ2n) is 4.98. The molecule has 5 nitrogen and oxygen atoms in total. The first-order valence-corrected chi connectivity index (χ1v) is 6.69. The molecule has 2 unspecified atom stereocenters. The zero-order chi connectivity index (χ0) is 13.7. The first-order chi connectivity index (χ1) is 8.38. The number of amides is 1. The molecular weight excluding hydrogens is 250 g/mol. The highest BCUT2D eigenvalue weighted by atomic mass is 32.1. The summed E-state index contributed by atoms with van der Waals surface area (Å²) in [7, 11) is 1.79. The summed E-state index contributed by atoms with van der Waals surface area (Å²) in [4.78, 5) is 16.3. The minimum Gasteiger partial charge on any atom is -0.393 e. The maximum Gasteiger partial charge on any atom is 0.236 e. The van der Waals surface area contributed by atoms with Crippen molar-refractivity contribution < 1.29 is 9.53 Å². The van der Waals surface area contributed by atoms with Crippen LogP contribution in [0.15, 0.2) is 0 Å². The van der Waals surface area contributed by atoms with E-state index in [1.54, 1.807) is 11.9 Å². The Morgan fingerprint density at radius 1 is 1.44 bits per heavy atom. The number of nitrogens with zero attached hydrogens (tertiary/aromatic N) is 2. The maximum atomic E-state index is 12.0. The molecule has 0 aromatic heterocycles. The Balaban J connectivity index is 2.36. The summed E-state index contributed by atoms with van der Waals surface area (Å²) in [6.07, 6.45) is 0.944. The highest BCUT2D eigenvalue weighted by Crippen LogP contribution is 2.10. The van der Waals surface area contributed by atoms with Crippen LogP contribution in [0.4, 0.5) is 0 Å². The molecule has 1 fully saturated rings. The van der Waals surface area contributed by atoms with E-state index in [1.165, 1.54) is 0 Å². The van der Waals surface area contributed by atoms with E-state index in [9.17, 15) is 4.79 Å². The second kappa shape index (κ2) is 7.01. The van der Waals surface area contributed by atoms with E-state index in [0.717, 1.165) is 13.1 Å². The van der Waals surface area contributed by atoms with E-state index in [0.29, 0.717) is 24.5 Å². The lowest BCUT2D eigenvalue weighted by atomic mass is 10.2. The van der Waals surface area contributed by atoms with Crippen molar-refractivity contribution >= 4 is 23.1 Å². The summed E-state index contributed by atoms with van der Waals surface area (Å²) < 4.78 is 5.64. The van der Waals surface area contributed by atoms with Crippen LogP contribution in [0.3, 0.4) is 0 Å². The zero-order valence-electron chi connectivity index (χ0n) is 11.4. The highest BCUT2D eigenvalue weighted by Gasteiger charge is 2.24. The summed E-state index contributed by atoms with van der Waals surface area (Å²) in [5.74, 6) is 0.104. The van der Waals surface area contributed by atoms with Crippen LogP contribution in [0.2, 0.25) is 0 Å². The Labute approximate surface area is 114 Å². The van der Waals surface area contributed by atoms with Gasteiger partial charge in [0.05, 0.1) is 23.7 Å². The van der Waals surface area contributed by atoms with Gasteiger partial charge in [0.1, 0.15) is 0 Å². The zero-order valence-corrected chi connectivity index (χ0v) is 12.2. The van der Waals surface area contributed by atoms with Crippen LogP contribution in [0.25, 0.3) is 0 Å². The average Bonchev–Trinajstić information content (AvgIpc) is 2.24. The van der Waals surface area contributed by atoms with Gasteiger partial charge in [0.25, 0.3) is 0 Å². The minimum absolute atomic E-state index is 0.104. The summed E-state index contributed by atoms with van der Waals surface area (Å²) in [6.45, 7) is 6.70. The fourth-order valence-corrected chi connectivity index (χ4v) is 2.22. The summed E-state index contributed by atoms with van der Waals surface area (Å²) >= 11 is 4.81. The van der Waals surface area contributed by atoms with E-state index in [2.05, 4.69) is 4.90 Å². The molecule has 6 heteroatoms. The molecule has 2 N–H and O–H groups in total. The van der Waals surface area contributed by atoms with E-state index >= 15 is 0 Å². The molecule has 0 bridgehead atoms. The Kier molecular flexibility index (Phi) is 5.98. The molecule has 0 aromatic rings. The van der Waals surface area contributed by atoms with Crippen molar-refractivity contribution in [2.24, 2.45) is 5.73 Å². The van der Waals surface area contributed by atoms with E-state index < -0.39 is 0 Å². The largest absolute Gasteiger partial charge is 0.393 e. The predicted octanol–water partition coefficient (Wildman–Crippen LogP) is 0.230. The Bertz CT molecular complexity index is 302. The molecule has 1 amide bonds. The normalized spacial score (nSPS) is 24.8. The van der Waals surface area contributed by atoms with Gasteiger partial charge in [-0.15, -0.1) is 0 Å². The van der Waals surface area contributed by atoms with Gasteiger partial charge in [0.15, 0.2) is 0 Å². The Morgan fingerprint density at radius 3 is 2.50 bits per heavy atom. The fraction of sp³-hybridized carbons (Fsp3) is 0.833. The smallest absolute Gasteiger partial charge is 0.236 e. The van der Waals surface area contributed by atoms with Crippen molar-refractivity contribution in [1.29, 1.82) is 0 Å². The first-order valence-electron chi connectivity index (χ1n) is 6.28. The standard InChI is InChI=1S/C12H23N3O2S/c1-9-6-15(7-10(2)17-9)8-12(16)14(3)5-4-11(13)18/h9-10H,4-8H2,1-3H3,(H2,13,18). The lowest BCUT2D eigenvalue weighted by Gasteiger charge is -2.35. The van der Waals surface area contributed by atoms with Crippen LogP contribution in [0, 0.1) is 0 Å². The summed E-state index contributed by atoms with van der Waals surface area (Å²) in [5, 5.41) is 0. The molecule has 0 radical (unpaired) electrons. The van der Waals surface area contributed by atoms with Gasteiger partial charge in [-0.05, 0) is 13.8 Å². The molecule has 1 saturated heterocycles. The third-order valence-electron chi connectivity index (χ3n) is 2.97. The number of rotatable bonds is 5. The van der Waals surface area contributed by atoms with Crippen molar-refractivity contribution in [2.75, 3.05) is 33.2 Å². The quantitative estimate of drug-likeness (QED) is 0.727. The molecule has 0 spiro atoms. The van der Waals surface area contributed by atoms with Gasteiger partial charge in [0.2, 0.25) is 5.91 Å². The lowest BCUT2D eigenvalue weighted by molar-refractivity contribution is -0.134. The van der Waals surface area contributed by atoms with Crippen LogP contribution in [-0.4, -0.2) is 66.1 Å². The lowest BCUT2D eigenvalue weighted by Crippen LogP contribution is -2.49. The van der Waals surface area contributed by atoms with Crippen molar-refractivity contribution in [3.8, 4) is 0 Å². The molecule has 0 saturated carbocycles. The summed E-state index contributed by atoms with van der Waals surface area (Å²) in [5.41, 5.74) is 5.43. The molecule has 1 aliphatic rings. The highest BCUT2D eigenvalue weighted by molar-refractivity contribution is 7.80. The number of carbonyl (C=O) groups excluding carboxylic acids is 1. The third-order valence-corrected chi connectivity index (χ3v) is 3.18. The molecule has 18 heavy (non-hydrogen) atoms. The first kappa shape index (κ1) is 15.3. The summed E-state index contributed by atoms with van der Waals surface area (Å²) in [6, 6.07) is 0.